The number of urea groups is 1. The van der Waals surface area contributed by atoms with Crippen LogP contribution in [0.15, 0.2) is 24.3 Å². The molecule has 2 fully saturated rings. The summed E-state index contributed by atoms with van der Waals surface area (Å²) in [6, 6.07) is 7.65. The number of piperidine rings is 1. The van der Waals surface area contributed by atoms with E-state index < -0.39 is 0 Å². The van der Waals surface area contributed by atoms with E-state index >= 15 is 0 Å². The molecule has 2 aliphatic rings. The molecule has 1 aliphatic heterocycles. The van der Waals surface area contributed by atoms with E-state index in [0.29, 0.717) is 24.0 Å². The number of carbonyl (C=O) groups is 2. The van der Waals surface area contributed by atoms with Crippen LogP contribution in [-0.4, -0.2) is 35.5 Å². The number of rotatable bonds is 4. The lowest BCUT2D eigenvalue weighted by atomic mass is 9.89. The van der Waals surface area contributed by atoms with Crippen LogP contribution in [0.4, 0.5) is 4.79 Å². The molecule has 2 N–H and O–H groups in total. The molecule has 1 aromatic rings. The highest BCUT2D eigenvalue weighted by Gasteiger charge is 2.34. The smallest absolute Gasteiger partial charge is 0.315 e. The molecule has 5 nitrogen and oxygen atoms in total. The van der Waals surface area contributed by atoms with Gasteiger partial charge in [-0.05, 0) is 56.2 Å². The minimum atomic E-state index is -0.287. The summed E-state index contributed by atoms with van der Waals surface area (Å²) in [7, 11) is 0. The highest BCUT2D eigenvalue weighted by molar-refractivity contribution is 6.30. The summed E-state index contributed by atoms with van der Waals surface area (Å²) < 4.78 is 0. The second-order valence-corrected chi connectivity index (χ2v) is 8.68. The fourth-order valence-electron chi connectivity index (χ4n) is 4.36. The van der Waals surface area contributed by atoms with E-state index in [1.807, 2.05) is 29.2 Å². The van der Waals surface area contributed by atoms with Crippen molar-refractivity contribution in [2.45, 2.75) is 64.0 Å². The Balaban J connectivity index is 1.65. The van der Waals surface area contributed by atoms with Gasteiger partial charge in [-0.2, -0.15) is 0 Å². The zero-order valence-electron chi connectivity index (χ0n) is 16.3. The van der Waals surface area contributed by atoms with Crippen molar-refractivity contribution >= 4 is 23.5 Å². The normalized spacial score (nSPS) is 20.9. The van der Waals surface area contributed by atoms with Gasteiger partial charge in [0.25, 0.3) is 0 Å². The Morgan fingerprint density at radius 2 is 1.89 bits per heavy atom. The van der Waals surface area contributed by atoms with E-state index in [2.05, 4.69) is 17.6 Å². The van der Waals surface area contributed by atoms with E-state index in [1.54, 1.807) is 6.92 Å². The van der Waals surface area contributed by atoms with E-state index in [4.69, 9.17) is 11.6 Å². The largest absolute Gasteiger partial charge is 0.343 e. The van der Waals surface area contributed by atoms with Crippen molar-refractivity contribution in [3.8, 4) is 0 Å². The molecule has 1 heterocycles. The van der Waals surface area contributed by atoms with Crippen molar-refractivity contribution in [1.82, 2.24) is 15.5 Å². The maximum atomic E-state index is 12.8. The van der Waals surface area contributed by atoms with E-state index in [1.165, 1.54) is 12.8 Å². The monoisotopic (exact) mass is 391 g/mol. The van der Waals surface area contributed by atoms with Gasteiger partial charge in [0.05, 0.1) is 6.04 Å². The van der Waals surface area contributed by atoms with Crippen molar-refractivity contribution in [3.05, 3.63) is 34.9 Å². The standard InChI is InChI=1S/C21H30ClN3O2/c1-15(26)25-12-10-21(2,11-13-25)24-20(27)23-19(16-6-3-4-7-16)17-8-5-9-18(22)14-17/h5,8-9,14,16,19H,3-4,6-7,10-13H2,1-2H3,(H2,23,24,27)/t19-/m0/s1. The zero-order chi connectivity index (χ0) is 19.4. The molecule has 1 saturated carbocycles. The Morgan fingerprint density at radius 3 is 2.48 bits per heavy atom. The summed E-state index contributed by atoms with van der Waals surface area (Å²) in [5, 5.41) is 7.09. The van der Waals surface area contributed by atoms with Crippen LogP contribution in [0.2, 0.25) is 5.02 Å². The molecule has 1 atom stereocenters. The molecule has 6 heteroatoms. The molecule has 1 aliphatic carbocycles. The van der Waals surface area contributed by atoms with E-state index in [0.717, 1.165) is 31.2 Å². The summed E-state index contributed by atoms with van der Waals surface area (Å²) >= 11 is 6.19. The molecule has 148 valence electrons. The molecule has 0 spiro atoms. The quantitative estimate of drug-likeness (QED) is 0.805. The Hall–Kier alpha value is -1.75. The number of halogens is 1. The molecule has 3 rings (SSSR count). The first-order chi connectivity index (χ1) is 12.9. The van der Waals surface area contributed by atoms with Crippen LogP contribution in [0.1, 0.15) is 64.0 Å². The van der Waals surface area contributed by atoms with Gasteiger partial charge in [0.1, 0.15) is 0 Å². The van der Waals surface area contributed by atoms with Gasteiger partial charge in [-0.25, -0.2) is 4.79 Å². The van der Waals surface area contributed by atoms with Gasteiger partial charge in [0.2, 0.25) is 5.91 Å². The lowest BCUT2D eigenvalue weighted by Crippen LogP contribution is -2.56. The molecule has 1 saturated heterocycles. The van der Waals surface area contributed by atoms with Gasteiger partial charge in [0.15, 0.2) is 0 Å². The van der Waals surface area contributed by atoms with Gasteiger partial charge in [-0.15, -0.1) is 0 Å². The molecular weight excluding hydrogens is 362 g/mol. The summed E-state index contributed by atoms with van der Waals surface area (Å²) in [4.78, 5) is 26.2. The third kappa shape index (κ3) is 5.16. The predicted octanol–water partition coefficient (Wildman–Crippen LogP) is 4.27. The average molecular weight is 392 g/mol. The van der Waals surface area contributed by atoms with Crippen LogP contribution in [0.25, 0.3) is 0 Å². The van der Waals surface area contributed by atoms with Crippen LogP contribution < -0.4 is 10.6 Å². The van der Waals surface area contributed by atoms with Gasteiger partial charge >= 0.3 is 6.03 Å². The number of amides is 3. The van der Waals surface area contributed by atoms with Crippen molar-refractivity contribution < 1.29 is 9.59 Å². The van der Waals surface area contributed by atoms with Crippen LogP contribution in [0.3, 0.4) is 0 Å². The second-order valence-electron chi connectivity index (χ2n) is 8.24. The molecule has 0 aromatic heterocycles. The molecule has 0 unspecified atom stereocenters. The summed E-state index contributed by atoms with van der Waals surface area (Å²) in [5.41, 5.74) is 0.783. The first-order valence-corrected chi connectivity index (χ1v) is 10.3. The summed E-state index contributed by atoms with van der Waals surface area (Å²) in [6.45, 7) is 5.03. The minimum Gasteiger partial charge on any atom is -0.343 e. The Bertz CT molecular complexity index is 680. The maximum absolute atomic E-state index is 12.8. The van der Waals surface area contributed by atoms with Crippen LogP contribution in [-0.2, 0) is 4.79 Å². The van der Waals surface area contributed by atoms with Crippen LogP contribution >= 0.6 is 11.6 Å². The number of hydrogen-bond donors (Lipinski definition) is 2. The SMILES string of the molecule is CC(=O)N1CCC(C)(NC(=O)N[C@H](c2cccc(Cl)c2)C2CCCC2)CC1. The van der Waals surface area contributed by atoms with Crippen molar-refractivity contribution in [1.29, 1.82) is 0 Å². The van der Waals surface area contributed by atoms with Crippen molar-refractivity contribution in [2.24, 2.45) is 5.92 Å². The molecular formula is C21H30ClN3O2. The van der Waals surface area contributed by atoms with Gasteiger partial charge < -0.3 is 15.5 Å². The minimum absolute atomic E-state index is 0.0212. The fraction of sp³-hybridized carbons (Fsp3) is 0.619. The number of likely N-dealkylation sites (tertiary alicyclic amines) is 1. The molecule has 0 bridgehead atoms. The molecule has 27 heavy (non-hydrogen) atoms. The third-order valence-corrected chi connectivity index (χ3v) is 6.33. The summed E-state index contributed by atoms with van der Waals surface area (Å²) in [6.07, 6.45) is 6.22. The maximum Gasteiger partial charge on any atom is 0.315 e. The first-order valence-electron chi connectivity index (χ1n) is 9.96. The first kappa shape index (κ1) is 20.0. The zero-order valence-corrected chi connectivity index (χ0v) is 17.0. The van der Waals surface area contributed by atoms with Gasteiger partial charge in [-0.3, -0.25) is 4.79 Å². The molecule has 0 radical (unpaired) electrons. The highest BCUT2D eigenvalue weighted by atomic mass is 35.5. The fourth-order valence-corrected chi connectivity index (χ4v) is 4.55. The van der Waals surface area contributed by atoms with Gasteiger partial charge in [-0.1, -0.05) is 36.6 Å². The number of nitrogens with one attached hydrogen (secondary N) is 2. The Labute approximate surface area is 166 Å². The summed E-state index contributed by atoms with van der Waals surface area (Å²) in [5.74, 6) is 0.547. The molecule has 1 aromatic carbocycles. The second kappa shape index (κ2) is 8.51. The lowest BCUT2D eigenvalue weighted by Gasteiger charge is -2.40. The van der Waals surface area contributed by atoms with Gasteiger partial charge in [0, 0.05) is 30.6 Å². The predicted molar refractivity (Wildman–Crippen MR) is 108 cm³/mol. The highest BCUT2D eigenvalue weighted by Crippen LogP contribution is 2.36. The number of carbonyl (C=O) groups excluding carboxylic acids is 2. The number of benzene rings is 1. The van der Waals surface area contributed by atoms with E-state index in [9.17, 15) is 9.59 Å². The Kier molecular flexibility index (Phi) is 6.30. The van der Waals surface area contributed by atoms with Crippen LogP contribution in [0.5, 0.6) is 0 Å². The van der Waals surface area contributed by atoms with Crippen molar-refractivity contribution in [2.75, 3.05) is 13.1 Å². The van der Waals surface area contributed by atoms with Crippen molar-refractivity contribution in [3.63, 3.8) is 0 Å². The molecule has 3 amide bonds. The topological polar surface area (TPSA) is 61.4 Å². The third-order valence-electron chi connectivity index (χ3n) is 6.09. The lowest BCUT2D eigenvalue weighted by molar-refractivity contribution is -0.130. The van der Waals surface area contributed by atoms with E-state index in [-0.39, 0.29) is 23.5 Å². The van der Waals surface area contributed by atoms with Crippen LogP contribution in [0, 0.1) is 5.92 Å². The number of hydrogen-bond acceptors (Lipinski definition) is 2. The Morgan fingerprint density at radius 1 is 1.22 bits per heavy atom. The number of nitrogens with zero attached hydrogens (tertiary/aromatic N) is 1. The average Bonchev–Trinajstić information content (AvgIpc) is 3.14.